The number of rotatable bonds is 8. The largest absolute Gasteiger partial charge is 0.491 e. The van der Waals surface area contributed by atoms with Gasteiger partial charge in [0.1, 0.15) is 5.75 Å². The van der Waals surface area contributed by atoms with Crippen LogP contribution in [0.15, 0.2) is 47.7 Å². The van der Waals surface area contributed by atoms with E-state index >= 15 is 0 Å². The summed E-state index contributed by atoms with van der Waals surface area (Å²) in [4.78, 5) is 4.25. The summed E-state index contributed by atoms with van der Waals surface area (Å²) in [5.41, 5.74) is 1.16. The Morgan fingerprint density at radius 2 is 2.17 bits per heavy atom. The van der Waals surface area contributed by atoms with Crippen LogP contribution in [0.5, 0.6) is 5.75 Å². The lowest BCUT2D eigenvalue weighted by atomic mass is 10.2. The zero-order chi connectivity index (χ0) is 17.2. The van der Waals surface area contributed by atoms with Crippen LogP contribution in [0.2, 0.25) is 0 Å². The lowest BCUT2D eigenvalue weighted by Gasteiger charge is -2.13. The van der Waals surface area contributed by atoms with E-state index in [9.17, 15) is 0 Å². The van der Waals surface area contributed by atoms with Gasteiger partial charge in [0.15, 0.2) is 5.96 Å². The molecule has 6 nitrogen and oxygen atoms in total. The van der Waals surface area contributed by atoms with Crippen LogP contribution >= 0.6 is 0 Å². The smallest absolute Gasteiger partial charge is 0.191 e. The van der Waals surface area contributed by atoms with Crippen molar-refractivity contribution in [3.05, 3.63) is 48.3 Å². The van der Waals surface area contributed by atoms with Crippen molar-refractivity contribution in [3.63, 3.8) is 0 Å². The molecule has 0 atom stereocenters. The molecule has 1 heterocycles. The number of hydrogen-bond donors (Lipinski definition) is 2. The molecule has 0 amide bonds. The molecule has 2 rings (SSSR count). The average Bonchev–Trinajstić information content (AvgIpc) is 3.07. The summed E-state index contributed by atoms with van der Waals surface area (Å²) in [7, 11) is 1.78. The second kappa shape index (κ2) is 9.60. The highest BCUT2D eigenvalue weighted by atomic mass is 16.5. The summed E-state index contributed by atoms with van der Waals surface area (Å²) in [6, 6.07) is 10.1. The van der Waals surface area contributed by atoms with E-state index in [1.54, 1.807) is 13.2 Å². The van der Waals surface area contributed by atoms with Crippen molar-refractivity contribution >= 4 is 5.96 Å². The van der Waals surface area contributed by atoms with Crippen molar-refractivity contribution < 1.29 is 4.74 Å². The van der Waals surface area contributed by atoms with Gasteiger partial charge in [-0.1, -0.05) is 12.1 Å². The molecule has 0 spiro atoms. The summed E-state index contributed by atoms with van der Waals surface area (Å²) >= 11 is 0. The van der Waals surface area contributed by atoms with E-state index in [4.69, 9.17) is 4.74 Å². The maximum atomic E-state index is 5.72. The second-order valence-corrected chi connectivity index (χ2v) is 5.79. The minimum Gasteiger partial charge on any atom is -0.491 e. The fraction of sp³-hybridized carbons (Fsp3) is 0.444. The van der Waals surface area contributed by atoms with E-state index in [0.717, 1.165) is 36.8 Å². The maximum Gasteiger partial charge on any atom is 0.191 e. The third kappa shape index (κ3) is 6.32. The van der Waals surface area contributed by atoms with Crippen molar-refractivity contribution in [1.82, 2.24) is 20.4 Å². The Bertz CT molecular complexity index is 622. The third-order valence-corrected chi connectivity index (χ3v) is 3.37. The molecule has 0 aliphatic heterocycles. The van der Waals surface area contributed by atoms with Gasteiger partial charge < -0.3 is 15.4 Å². The quantitative estimate of drug-likeness (QED) is 0.443. The van der Waals surface area contributed by atoms with E-state index < -0.39 is 0 Å². The Balaban J connectivity index is 1.72. The van der Waals surface area contributed by atoms with Crippen LogP contribution in [0, 0.1) is 0 Å². The molecule has 1 aromatic carbocycles. The van der Waals surface area contributed by atoms with Crippen molar-refractivity contribution in [2.75, 3.05) is 13.6 Å². The minimum atomic E-state index is 0.178. The molecule has 6 heteroatoms. The SMILES string of the molecule is CN=C(NCCCn1cccn1)NCc1cccc(OC(C)C)c1. The number of nitrogens with one attached hydrogen (secondary N) is 2. The Labute approximate surface area is 143 Å². The number of ether oxygens (including phenoxy) is 1. The van der Waals surface area contributed by atoms with Gasteiger partial charge in [0, 0.05) is 39.1 Å². The molecule has 24 heavy (non-hydrogen) atoms. The van der Waals surface area contributed by atoms with E-state index in [0.29, 0.717) is 6.54 Å². The average molecular weight is 329 g/mol. The topological polar surface area (TPSA) is 63.5 Å². The van der Waals surface area contributed by atoms with Crippen LogP contribution in [-0.4, -0.2) is 35.4 Å². The molecule has 0 saturated carbocycles. The number of nitrogens with zero attached hydrogens (tertiary/aromatic N) is 3. The summed E-state index contributed by atoms with van der Waals surface area (Å²) in [6.07, 6.45) is 4.93. The third-order valence-electron chi connectivity index (χ3n) is 3.37. The first-order valence-electron chi connectivity index (χ1n) is 8.35. The summed E-state index contributed by atoms with van der Waals surface area (Å²) in [5.74, 6) is 1.69. The number of hydrogen-bond acceptors (Lipinski definition) is 3. The van der Waals surface area contributed by atoms with Crippen LogP contribution < -0.4 is 15.4 Å². The number of guanidine groups is 1. The first-order valence-corrected chi connectivity index (χ1v) is 8.35. The van der Waals surface area contributed by atoms with Crippen LogP contribution in [0.25, 0.3) is 0 Å². The van der Waals surface area contributed by atoms with Gasteiger partial charge in [0.2, 0.25) is 0 Å². The van der Waals surface area contributed by atoms with Gasteiger partial charge >= 0.3 is 0 Å². The van der Waals surface area contributed by atoms with E-state index in [2.05, 4.69) is 32.9 Å². The number of aryl methyl sites for hydroxylation is 1. The predicted octanol–water partition coefficient (Wildman–Crippen LogP) is 2.43. The minimum absolute atomic E-state index is 0.178. The number of aromatic nitrogens is 2. The predicted molar refractivity (Wildman–Crippen MR) is 97.3 cm³/mol. The van der Waals surface area contributed by atoms with Crippen LogP contribution in [0.3, 0.4) is 0 Å². The summed E-state index contributed by atoms with van der Waals surface area (Å²) in [6.45, 7) is 6.50. The lowest BCUT2D eigenvalue weighted by molar-refractivity contribution is 0.242. The normalized spacial score (nSPS) is 11.6. The molecule has 0 radical (unpaired) electrons. The summed E-state index contributed by atoms with van der Waals surface area (Å²) < 4.78 is 7.65. The molecule has 0 aliphatic rings. The molecule has 2 aromatic rings. The van der Waals surface area contributed by atoms with Crippen LogP contribution in [-0.2, 0) is 13.1 Å². The van der Waals surface area contributed by atoms with Gasteiger partial charge in [0.25, 0.3) is 0 Å². The van der Waals surface area contributed by atoms with E-state index in [1.807, 2.05) is 42.9 Å². The summed E-state index contributed by atoms with van der Waals surface area (Å²) in [5, 5.41) is 10.8. The highest BCUT2D eigenvalue weighted by Crippen LogP contribution is 2.14. The van der Waals surface area contributed by atoms with Gasteiger partial charge in [0.05, 0.1) is 6.10 Å². The van der Waals surface area contributed by atoms with Gasteiger partial charge in [-0.25, -0.2) is 0 Å². The van der Waals surface area contributed by atoms with Crippen molar-refractivity contribution in [2.24, 2.45) is 4.99 Å². The Morgan fingerprint density at radius 1 is 1.29 bits per heavy atom. The van der Waals surface area contributed by atoms with Gasteiger partial charge in [-0.3, -0.25) is 9.67 Å². The second-order valence-electron chi connectivity index (χ2n) is 5.79. The highest BCUT2D eigenvalue weighted by Gasteiger charge is 2.01. The first-order chi connectivity index (χ1) is 11.7. The Kier molecular flexibility index (Phi) is 7.14. The molecule has 0 unspecified atom stereocenters. The van der Waals surface area contributed by atoms with Gasteiger partial charge in [-0.2, -0.15) is 5.10 Å². The lowest BCUT2D eigenvalue weighted by Crippen LogP contribution is -2.37. The van der Waals surface area contributed by atoms with Gasteiger partial charge in [-0.05, 0) is 44.0 Å². The first kappa shape index (κ1) is 17.8. The monoisotopic (exact) mass is 329 g/mol. The molecular formula is C18H27N5O. The number of aliphatic imine (C=N–C) groups is 1. The molecule has 0 fully saturated rings. The van der Waals surface area contributed by atoms with Crippen molar-refractivity contribution in [1.29, 1.82) is 0 Å². The Morgan fingerprint density at radius 3 is 2.88 bits per heavy atom. The molecule has 0 bridgehead atoms. The fourth-order valence-corrected chi connectivity index (χ4v) is 2.29. The van der Waals surface area contributed by atoms with Crippen LogP contribution in [0.4, 0.5) is 0 Å². The fourth-order valence-electron chi connectivity index (χ4n) is 2.29. The maximum absolute atomic E-state index is 5.72. The van der Waals surface area contributed by atoms with E-state index in [1.165, 1.54) is 0 Å². The zero-order valence-electron chi connectivity index (χ0n) is 14.7. The standard InChI is InChI=1S/C18H27N5O/c1-15(2)24-17-8-4-7-16(13-17)14-21-18(19-3)20-9-5-11-23-12-6-10-22-23/h4,6-8,10,12-13,15H,5,9,11,14H2,1-3H3,(H2,19,20,21). The molecule has 1 aromatic heterocycles. The van der Waals surface area contributed by atoms with Crippen molar-refractivity contribution in [2.45, 2.75) is 39.5 Å². The van der Waals surface area contributed by atoms with Crippen LogP contribution in [0.1, 0.15) is 25.8 Å². The molecular weight excluding hydrogens is 302 g/mol. The molecule has 0 saturated heterocycles. The number of benzene rings is 1. The van der Waals surface area contributed by atoms with Crippen molar-refractivity contribution in [3.8, 4) is 5.75 Å². The van der Waals surface area contributed by atoms with Gasteiger partial charge in [-0.15, -0.1) is 0 Å². The molecule has 2 N–H and O–H groups in total. The molecule has 0 aliphatic carbocycles. The molecule has 130 valence electrons. The highest BCUT2D eigenvalue weighted by molar-refractivity contribution is 5.79. The van der Waals surface area contributed by atoms with E-state index in [-0.39, 0.29) is 6.10 Å². The zero-order valence-corrected chi connectivity index (χ0v) is 14.7. The Hall–Kier alpha value is -2.50.